The van der Waals surface area contributed by atoms with Crippen LogP contribution in [0.25, 0.3) is 0 Å². The molecule has 27 heavy (non-hydrogen) atoms. The maximum absolute atomic E-state index is 13.6. The van der Waals surface area contributed by atoms with E-state index in [-0.39, 0.29) is 11.7 Å². The van der Waals surface area contributed by atoms with Crippen LogP contribution in [0.15, 0.2) is 115 Å². The molecule has 1 radical (unpaired) electrons. The normalized spacial score (nSPS) is 11.1. The average molecular weight is 351 g/mol. The monoisotopic (exact) mass is 351 g/mol. The summed E-state index contributed by atoms with van der Waals surface area (Å²) in [5.74, 6) is 1.01. The Morgan fingerprint density at radius 3 is 1.37 bits per heavy atom. The summed E-state index contributed by atoms with van der Waals surface area (Å²) in [5.41, 5.74) is 4.60. The molecule has 131 valence electrons. The van der Waals surface area contributed by atoms with Gasteiger partial charge in [0.1, 0.15) is 5.82 Å². The molecule has 0 heterocycles. The van der Waals surface area contributed by atoms with Gasteiger partial charge < -0.3 is 0 Å². The van der Waals surface area contributed by atoms with Gasteiger partial charge in [0.2, 0.25) is 0 Å². The van der Waals surface area contributed by atoms with Gasteiger partial charge in [-0.05, 0) is 34.4 Å². The molecule has 0 N–H and O–H groups in total. The Kier molecular flexibility index (Phi) is 5.11. The van der Waals surface area contributed by atoms with Crippen molar-refractivity contribution in [2.24, 2.45) is 0 Å². The Labute approximate surface area is 159 Å². The van der Waals surface area contributed by atoms with Crippen LogP contribution in [0, 0.1) is 11.7 Å². The van der Waals surface area contributed by atoms with Crippen LogP contribution in [0.1, 0.15) is 28.2 Å². The lowest BCUT2D eigenvalue weighted by Gasteiger charge is -2.28. The lowest BCUT2D eigenvalue weighted by atomic mass is 9.74. The first-order chi connectivity index (χ1) is 13.3. The Morgan fingerprint density at radius 1 is 0.481 bits per heavy atom. The molecule has 0 aliphatic carbocycles. The molecule has 1 heteroatoms. The molecular weight excluding hydrogens is 331 g/mol. The third-order valence-electron chi connectivity index (χ3n) is 4.79. The van der Waals surface area contributed by atoms with Gasteiger partial charge in [-0.15, -0.1) is 0 Å². The van der Waals surface area contributed by atoms with Gasteiger partial charge in [0, 0.05) is 11.8 Å². The third kappa shape index (κ3) is 3.83. The van der Waals surface area contributed by atoms with Gasteiger partial charge in [-0.25, -0.2) is 4.39 Å². The fourth-order valence-electron chi connectivity index (χ4n) is 3.56. The van der Waals surface area contributed by atoms with Crippen molar-refractivity contribution in [1.82, 2.24) is 0 Å². The molecule has 0 unspecified atom stereocenters. The predicted octanol–water partition coefficient (Wildman–Crippen LogP) is 6.63. The summed E-state index contributed by atoms with van der Waals surface area (Å²) < 4.78 is 13.6. The largest absolute Gasteiger partial charge is 0.207 e. The molecule has 0 atom stereocenters. The molecule has 0 bridgehead atoms. The molecule has 0 fully saturated rings. The van der Waals surface area contributed by atoms with Crippen LogP contribution >= 0.6 is 0 Å². The number of halogens is 1. The van der Waals surface area contributed by atoms with E-state index in [2.05, 4.69) is 60.7 Å². The summed E-state index contributed by atoms with van der Waals surface area (Å²) in [6, 6.07) is 38.1. The summed E-state index contributed by atoms with van der Waals surface area (Å²) in [7, 11) is 0. The Balaban J connectivity index is 1.93. The van der Waals surface area contributed by atoms with Crippen LogP contribution < -0.4 is 0 Å². The average Bonchev–Trinajstić information content (AvgIpc) is 2.75. The molecule has 0 aliphatic heterocycles. The van der Waals surface area contributed by atoms with E-state index in [1.807, 2.05) is 42.5 Å². The fourth-order valence-corrected chi connectivity index (χ4v) is 3.56. The summed E-state index contributed by atoms with van der Waals surface area (Å²) in [5, 5.41) is 0. The summed E-state index contributed by atoms with van der Waals surface area (Å²) in [6.07, 6.45) is 0. The van der Waals surface area contributed by atoms with E-state index in [0.717, 1.165) is 11.1 Å². The summed E-state index contributed by atoms with van der Waals surface area (Å²) >= 11 is 0. The zero-order valence-electron chi connectivity index (χ0n) is 14.9. The van der Waals surface area contributed by atoms with Crippen molar-refractivity contribution < 1.29 is 4.39 Å². The van der Waals surface area contributed by atoms with Gasteiger partial charge in [-0.3, -0.25) is 0 Å². The Morgan fingerprint density at radius 2 is 0.889 bits per heavy atom. The number of hydrogen-bond acceptors (Lipinski definition) is 0. The summed E-state index contributed by atoms with van der Waals surface area (Å²) in [4.78, 5) is 0. The highest BCUT2D eigenvalue weighted by molar-refractivity contribution is 5.55. The quantitative estimate of drug-likeness (QED) is 0.378. The van der Waals surface area contributed by atoms with E-state index in [0.29, 0.717) is 0 Å². The van der Waals surface area contributed by atoms with Crippen LogP contribution in [0.2, 0.25) is 0 Å². The number of benzene rings is 4. The predicted molar refractivity (Wildman–Crippen MR) is 109 cm³/mol. The molecule has 4 rings (SSSR count). The maximum atomic E-state index is 13.6. The topological polar surface area (TPSA) is 0 Å². The van der Waals surface area contributed by atoms with Gasteiger partial charge >= 0.3 is 0 Å². The number of rotatable bonds is 5. The van der Waals surface area contributed by atoms with E-state index in [1.165, 1.54) is 29.2 Å². The van der Waals surface area contributed by atoms with Gasteiger partial charge in [0.05, 0.1) is 0 Å². The van der Waals surface area contributed by atoms with Crippen molar-refractivity contribution in [2.45, 2.75) is 5.92 Å². The van der Waals surface area contributed by atoms with Gasteiger partial charge in [-0.1, -0.05) is 103 Å². The fraction of sp³-hybridized carbons (Fsp3) is 0.0385. The van der Waals surface area contributed by atoms with Crippen molar-refractivity contribution in [2.75, 3.05) is 0 Å². The Bertz CT molecular complexity index is 921. The number of hydrogen-bond donors (Lipinski definition) is 0. The molecule has 0 spiro atoms. The van der Waals surface area contributed by atoms with Crippen molar-refractivity contribution in [3.05, 3.63) is 149 Å². The second-order valence-electron chi connectivity index (χ2n) is 6.54. The highest BCUT2D eigenvalue weighted by Gasteiger charge is 2.28. The molecule has 4 aromatic carbocycles. The SMILES string of the molecule is Fc1ccc([C](c2ccccc2)C(c2ccccc2)c2ccccc2)cc1. The first-order valence-corrected chi connectivity index (χ1v) is 9.11. The van der Waals surface area contributed by atoms with Crippen LogP contribution in [0.5, 0.6) is 0 Å². The Hall–Kier alpha value is -3.19. The van der Waals surface area contributed by atoms with Crippen LogP contribution in [-0.2, 0) is 0 Å². The van der Waals surface area contributed by atoms with Crippen LogP contribution in [0.3, 0.4) is 0 Å². The zero-order valence-corrected chi connectivity index (χ0v) is 14.9. The van der Waals surface area contributed by atoms with E-state index in [1.54, 1.807) is 0 Å². The van der Waals surface area contributed by atoms with Crippen molar-refractivity contribution >= 4 is 0 Å². The second-order valence-corrected chi connectivity index (χ2v) is 6.54. The minimum atomic E-state index is -0.220. The lowest BCUT2D eigenvalue weighted by molar-refractivity contribution is 0.627. The lowest BCUT2D eigenvalue weighted by Crippen LogP contribution is -2.15. The first kappa shape index (κ1) is 17.2. The van der Waals surface area contributed by atoms with Crippen LogP contribution in [-0.4, -0.2) is 0 Å². The molecule has 0 saturated carbocycles. The van der Waals surface area contributed by atoms with Gasteiger partial charge in [0.15, 0.2) is 0 Å². The molecule has 0 saturated heterocycles. The minimum Gasteiger partial charge on any atom is -0.207 e. The highest BCUT2D eigenvalue weighted by atomic mass is 19.1. The summed E-state index contributed by atoms with van der Waals surface area (Å²) in [6.45, 7) is 0. The molecular formula is C26H20F. The molecule has 4 aromatic rings. The zero-order chi connectivity index (χ0) is 18.5. The maximum Gasteiger partial charge on any atom is 0.123 e. The highest BCUT2D eigenvalue weighted by Crippen LogP contribution is 2.41. The second kappa shape index (κ2) is 8.01. The minimum absolute atomic E-state index is 0.0558. The van der Waals surface area contributed by atoms with E-state index < -0.39 is 0 Å². The van der Waals surface area contributed by atoms with Crippen LogP contribution in [0.4, 0.5) is 4.39 Å². The van der Waals surface area contributed by atoms with E-state index in [9.17, 15) is 4.39 Å². The van der Waals surface area contributed by atoms with E-state index in [4.69, 9.17) is 0 Å². The van der Waals surface area contributed by atoms with E-state index >= 15 is 0 Å². The van der Waals surface area contributed by atoms with Crippen molar-refractivity contribution in [3.8, 4) is 0 Å². The molecule has 0 aliphatic rings. The standard InChI is InChI=1S/C26H20F/c27-24-18-16-23(17-19-24)26(22-14-8-3-9-15-22)25(20-10-4-1-5-11-20)21-12-6-2-7-13-21/h1-19,25H. The molecule has 0 nitrogen and oxygen atoms in total. The van der Waals surface area contributed by atoms with Gasteiger partial charge in [0.25, 0.3) is 0 Å². The van der Waals surface area contributed by atoms with Crippen molar-refractivity contribution in [3.63, 3.8) is 0 Å². The van der Waals surface area contributed by atoms with Crippen molar-refractivity contribution in [1.29, 1.82) is 0 Å². The molecule has 0 aromatic heterocycles. The molecule has 0 amide bonds. The first-order valence-electron chi connectivity index (χ1n) is 9.11. The third-order valence-corrected chi connectivity index (χ3v) is 4.79. The van der Waals surface area contributed by atoms with Gasteiger partial charge in [-0.2, -0.15) is 0 Å². The smallest absolute Gasteiger partial charge is 0.123 e.